The number of nitrogens with one attached hydrogen (secondary N) is 1. The number of ether oxygens (including phenoxy) is 3. The number of phenols is 1. The van der Waals surface area contributed by atoms with E-state index in [1.807, 2.05) is 0 Å². The topological polar surface area (TPSA) is 94.1 Å². The maximum Gasteiger partial charge on any atom is 0.337 e. The minimum atomic E-state index is -0.733. The number of aromatic hydroxyl groups is 1. The molecule has 1 aliphatic heterocycles. The van der Waals surface area contributed by atoms with Gasteiger partial charge in [0, 0.05) is 11.4 Å². The third-order valence-electron chi connectivity index (χ3n) is 4.42. The third kappa shape index (κ3) is 4.91. The summed E-state index contributed by atoms with van der Waals surface area (Å²) in [5.41, 5.74) is 2.41. The van der Waals surface area contributed by atoms with E-state index in [0.717, 1.165) is 0 Å². The van der Waals surface area contributed by atoms with Gasteiger partial charge in [0.25, 0.3) is 0 Å². The molecule has 158 valence electrons. The van der Waals surface area contributed by atoms with Crippen LogP contribution in [0.15, 0.2) is 40.7 Å². The van der Waals surface area contributed by atoms with Gasteiger partial charge in [-0.2, -0.15) is 0 Å². The van der Waals surface area contributed by atoms with Gasteiger partial charge in [0.05, 0.1) is 36.4 Å². The Morgan fingerprint density at radius 3 is 1.86 bits per heavy atom. The van der Waals surface area contributed by atoms with Gasteiger partial charge in [-0.25, -0.2) is 9.59 Å². The molecule has 1 aliphatic rings. The normalized spacial score (nSPS) is 14.9. The fourth-order valence-electron chi connectivity index (χ4n) is 3.30. The number of rotatable bonds is 6. The zero-order chi connectivity index (χ0) is 21.9. The summed E-state index contributed by atoms with van der Waals surface area (Å²) in [6, 6.07) is 4.73. The van der Waals surface area contributed by atoms with Crippen LogP contribution < -0.4 is 10.1 Å². The van der Waals surface area contributed by atoms with Crippen LogP contribution in [-0.4, -0.2) is 36.4 Å². The molecule has 0 amide bonds. The summed E-state index contributed by atoms with van der Waals surface area (Å²) in [7, 11) is 1.44. The molecule has 0 saturated carbocycles. The molecule has 1 aromatic rings. The van der Waals surface area contributed by atoms with Gasteiger partial charge in [-0.1, -0.05) is 6.07 Å². The van der Waals surface area contributed by atoms with Crippen molar-refractivity contribution in [3.63, 3.8) is 0 Å². The predicted octanol–water partition coefficient (Wildman–Crippen LogP) is 3.54. The van der Waals surface area contributed by atoms with Crippen molar-refractivity contribution in [1.29, 1.82) is 0 Å². The Labute approximate surface area is 171 Å². The summed E-state index contributed by atoms with van der Waals surface area (Å²) < 4.78 is 16.1. The number of methoxy groups -OCH3 is 1. The predicted molar refractivity (Wildman–Crippen MR) is 108 cm³/mol. The van der Waals surface area contributed by atoms with Gasteiger partial charge in [-0.3, -0.25) is 0 Å². The first kappa shape index (κ1) is 22.3. The first-order valence-electron chi connectivity index (χ1n) is 9.54. The van der Waals surface area contributed by atoms with Crippen molar-refractivity contribution in [3.05, 3.63) is 46.3 Å². The smallest absolute Gasteiger partial charge is 0.337 e. The lowest BCUT2D eigenvalue weighted by molar-refractivity contribution is -0.143. The van der Waals surface area contributed by atoms with Crippen LogP contribution in [0.1, 0.15) is 53.0 Å². The molecule has 0 bridgehead atoms. The second-order valence-corrected chi connectivity index (χ2v) is 7.47. The van der Waals surface area contributed by atoms with Gasteiger partial charge in [0.15, 0.2) is 11.5 Å². The zero-order valence-corrected chi connectivity index (χ0v) is 18.0. The van der Waals surface area contributed by atoms with E-state index in [-0.39, 0.29) is 23.7 Å². The summed E-state index contributed by atoms with van der Waals surface area (Å²) in [6.07, 6.45) is -0.647. The Kier molecular flexibility index (Phi) is 6.95. The van der Waals surface area contributed by atoms with Crippen molar-refractivity contribution in [3.8, 4) is 11.5 Å². The average Bonchev–Trinajstić information content (AvgIpc) is 2.59. The van der Waals surface area contributed by atoms with Crippen molar-refractivity contribution in [2.24, 2.45) is 0 Å². The monoisotopic (exact) mass is 403 g/mol. The summed E-state index contributed by atoms with van der Waals surface area (Å²) >= 11 is 0. The lowest BCUT2D eigenvalue weighted by Crippen LogP contribution is -2.33. The minimum Gasteiger partial charge on any atom is -0.504 e. The number of phenolic OH excluding ortho intramolecular Hbond substituents is 1. The van der Waals surface area contributed by atoms with Crippen LogP contribution in [0.3, 0.4) is 0 Å². The van der Waals surface area contributed by atoms with Crippen molar-refractivity contribution >= 4 is 11.9 Å². The largest absolute Gasteiger partial charge is 0.504 e. The highest BCUT2D eigenvalue weighted by atomic mass is 16.5. The van der Waals surface area contributed by atoms with Crippen LogP contribution in [0, 0.1) is 0 Å². The van der Waals surface area contributed by atoms with E-state index >= 15 is 0 Å². The maximum atomic E-state index is 12.9. The molecule has 0 aliphatic carbocycles. The quantitative estimate of drug-likeness (QED) is 0.702. The van der Waals surface area contributed by atoms with Gasteiger partial charge in [0.2, 0.25) is 0 Å². The SMILES string of the molecule is COc1cc(C2C(C(=O)OC(C)C)=C(C)NC(C)=C2C(=O)OC(C)C)ccc1O. The number of carbonyl (C=O) groups is 2. The molecular weight excluding hydrogens is 374 g/mol. The molecule has 0 atom stereocenters. The van der Waals surface area contributed by atoms with Crippen molar-refractivity contribution in [2.45, 2.75) is 59.7 Å². The highest BCUT2D eigenvalue weighted by Crippen LogP contribution is 2.42. The van der Waals surface area contributed by atoms with E-state index in [4.69, 9.17) is 14.2 Å². The second-order valence-electron chi connectivity index (χ2n) is 7.47. The molecule has 7 nitrogen and oxygen atoms in total. The van der Waals surface area contributed by atoms with E-state index < -0.39 is 17.9 Å². The van der Waals surface area contributed by atoms with Crippen molar-refractivity contribution in [1.82, 2.24) is 5.32 Å². The fourth-order valence-corrected chi connectivity index (χ4v) is 3.30. The second kappa shape index (κ2) is 9.03. The van der Waals surface area contributed by atoms with Gasteiger partial charge >= 0.3 is 11.9 Å². The molecule has 0 fully saturated rings. The van der Waals surface area contributed by atoms with Crippen LogP contribution in [0.5, 0.6) is 11.5 Å². The molecule has 2 rings (SSSR count). The van der Waals surface area contributed by atoms with Crippen molar-refractivity contribution in [2.75, 3.05) is 7.11 Å². The van der Waals surface area contributed by atoms with E-state index in [2.05, 4.69) is 5.32 Å². The highest BCUT2D eigenvalue weighted by molar-refractivity contribution is 6.00. The van der Waals surface area contributed by atoms with E-state index in [1.165, 1.54) is 13.2 Å². The Morgan fingerprint density at radius 1 is 0.966 bits per heavy atom. The summed E-state index contributed by atoms with van der Waals surface area (Å²) in [5.74, 6) is -1.58. The molecular formula is C22H29NO6. The number of hydrogen-bond acceptors (Lipinski definition) is 7. The third-order valence-corrected chi connectivity index (χ3v) is 4.42. The Morgan fingerprint density at radius 2 is 1.45 bits per heavy atom. The number of allylic oxidation sites excluding steroid dienone is 2. The molecule has 0 radical (unpaired) electrons. The maximum absolute atomic E-state index is 12.9. The lowest BCUT2D eigenvalue weighted by Gasteiger charge is -2.31. The van der Waals surface area contributed by atoms with E-state index in [0.29, 0.717) is 28.1 Å². The van der Waals surface area contributed by atoms with E-state index in [1.54, 1.807) is 53.7 Å². The van der Waals surface area contributed by atoms with Crippen LogP contribution in [0.2, 0.25) is 0 Å². The molecule has 0 spiro atoms. The average molecular weight is 403 g/mol. The van der Waals surface area contributed by atoms with Crippen LogP contribution in [0.25, 0.3) is 0 Å². The minimum absolute atomic E-state index is 0.0378. The van der Waals surface area contributed by atoms with Crippen LogP contribution in [-0.2, 0) is 19.1 Å². The van der Waals surface area contributed by atoms with Gasteiger partial charge in [-0.15, -0.1) is 0 Å². The standard InChI is InChI=1S/C22H29NO6/c1-11(2)28-21(25)18-13(5)23-14(6)19(22(26)29-12(3)4)20(18)15-8-9-16(24)17(10-15)27-7/h8-12,20,23-24H,1-7H3. The number of dihydropyridines is 1. The van der Waals surface area contributed by atoms with Crippen LogP contribution >= 0.6 is 0 Å². The molecule has 1 heterocycles. The Hall–Kier alpha value is -2.96. The molecule has 7 heteroatoms. The van der Waals surface area contributed by atoms with Gasteiger partial charge < -0.3 is 24.6 Å². The summed E-state index contributed by atoms with van der Waals surface area (Å²) in [5, 5.41) is 13.1. The first-order valence-corrected chi connectivity index (χ1v) is 9.54. The number of benzene rings is 1. The lowest BCUT2D eigenvalue weighted by atomic mass is 9.80. The van der Waals surface area contributed by atoms with Crippen molar-refractivity contribution < 1.29 is 28.9 Å². The molecule has 0 saturated heterocycles. The van der Waals surface area contributed by atoms with Crippen LogP contribution in [0.4, 0.5) is 0 Å². The first-order chi connectivity index (χ1) is 13.6. The Balaban J connectivity index is 2.68. The molecule has 1 aromatic carbocycles. The van der Waals surface area contributed by atoms with Gasteiger partial charge in [-0.05, 0) is 59.2 Å². The summed E-state index contributed by atoms with van der Waals surface area (Å²) in [4.78, 5) is 25.9. The zero-order valence-electron chi connectivity index (χ0n) is 18.0. The molecule has 2 N–H and O–H groups in total. The molecule has 0 unspecified atom stereocenters. The highest BCUT2D eigenvalue weighted by Gasteiger charge is 2.38. The molecule has 0 aromatic heterocycles. The van der Waals surface area contributed by atoms with E-state index in [9.17, 15) is 14.7 Å². The molecule has 29 heavy (non-hydrogen) atoms. The van der Waals surface area contributed by atoms with Gasteiger partial charge in [0.1, 0.15) is 0 Å². The Bertz CT molecular complexity index is 822. The number of hydrogen-bond donors (Lipinski definition) is 2. The fraction of sp³-hybridized carbons (Fsp3) is 0.455. The number of esters is 2. The summed E-state index contributed by atoms with van der Waals surface area (Å²) in [6.45, 7) is 10.6. The number of carbonyl (C=O) groups excluding carboxylic acids is 2.